The van der Waals surface area contributed by atoms with E-state index in [0.29, 0.717) is 25.5 Å². The smallest absolute Gasteiger partial charge is 0.305 e. The first-order valence-corrected chi connectivity index (χ1v) is 10.5. The maximum absolute atomic E-state index is 11.3. The summed E-state index contributed by atoms with van der Waals surface area (Å²) in [6.45, 7) is 2.95. The molecule has 0 saturated carbocycles. The van der Waals surface area contributed by atoms with Gasteiger partial charge in [-0.1, -0.05) is 67.8 Å². The molecule has 0 fully saturated rings. The van der Waals surface area contributed by atoms with Crippen LogP contribution in [0.15, 0.2) is 60.7 Å². The van der Waals surface area contributed by atoms with Gasteiger partial charge in [0.2, 0.25) is 5.88 Å². The van der Waals surface area contributed by atoms with Gasteiger partial charge >= 0.3 is 5.97 Å². The van der Waals surface area contributed by atoms with E-state index >= 15 is 0 Å². The van der Waals surface area contributed by atoms with E-state index < -0.39 is 0 Å². The minimum Gasteiger partial charge on any atom is -0.478 e. The zero-order chi connectivity index (χ0) is 20.3. The van der Waals surface area contributed by atoms with Gasteiger partial charge in [0, 0.05) is 17.9 Å². The molecule has 0 aliphatic rings. The molecule has 0 saturated heterocycles. The zero-order valence-corrected chi connectivity index (χ0v) is 17.1. The van der Waals surface area contributed by atoms with Gasteiger partial charge in [0.1, 0.15) is 0 Å². The number of para-hydroxylation sites is 1. The molecule has 0 bridgehead atoms. The van der Waals surface area contributed by atoms with Gasteiger partial charge in [-0.15, -0.1) is 0 Å². The Morgan fingerprint density at radius 1 is 0.897 bits per heavy atom. The summed E-state index contributed by atoms with van der Waals surface area (Å²) in [5, 5.41) is 1.13. The lowest BCUT2D eigenvalue weighted by Gasteiger charge is -2.11. The summed E-state index contributed by atoms with van der Waals surface area (Å²) in [6.07, 6.45) is 5.63. The lowest BCUT2D eigenvalue weighted by molar-refractivity contribution is -0.143. The number of ether oxygens (including phenoxy) is 2. The number of hydrogen-bond donors (Lipinski definition) is 0. The van der Waals surface area contributed by atoms with E-state index in [4.69, 9.17) is 9.47 Å². The van der Waals surface area contributed by atoms with E-state index in [9.17, 15) is 4.79 Å². The van der Waals surface area contributed by atoms with E-state index in [-0.39, 0.29) is 5.97 Å². The zero-order valence-electron chi connectivity index (χ0n) is 17.1. The van der Waals surface area contributed by atoms with E-state index in [1.54, 1.807) is 0 Å². The third kappa shape index (κ3) is 6.31. The van der Waals surface area contributed by atoms with Crippen LogP contribution in [0.5, 0.6) is 5.88 Å². The summed E-state index contributed by atoms with van der Waals surface area (Å²) in [5.74, 6) is 0.581. The van der Waals surface area contributed by atoms with Crippen molar-refractivity contribution in [3.05, 3.63) is 60.7 Å². The number of hydrogen-bond acceptors (Lipinski definition) is 4. The van der Waals surface area contributed by atoms with Gasteiger partial charge in [-0.3, -0.25) is 4.79 Å². The summed E-state index contributed by atoms with van der Waals surface area (Å²) in [6, 6.07) is 20.6. The molecule has 1 aromatic heterocycles. The second kappa shape index (κ2) is 11.2. The molecule has 1 heterocycles. The molecule has 4 nitrogen and oxygen atoms in total. The van der Waals surface area contributed by atoms with Gasteiger partial charge in [0.25, 0.3) is 0 Å². The molecule has 0 aliphatic heterocycles. The Labute approximate surface area is 172 Å². The fourth-order valence-corrected chi connectivity index (χ4v) is 3.39. The van der Waals surface area contributed by atoms with Crippen molar-refractivity contribution in [2.24, 2.45) is 0 Å². The number of unbranched alkanes of at least 4 members (excludes halogenated alkanes) is 4. The summed E-state index contributed by atoms with van der Waals surface area (Å²) in [7, 11) is 0. The van der Waals surface area contributed by atoms with Crippen molar-refractivity contribution in [2.75, 3.05) is 13.2 Å². The molecule has 0 spiro atoms. The van der Waals surface area contributed by atoms with Crippen LogP contribution in [0.1, 0.15) is 45.4 Å². The van der Waals surface area contributed by atoms with Crippen LogP contribution in [0.3, 0.4) is 0 Å². The van der Waals surface area contributed by atoms with Crippen molar-refractivity contribution in [3.8, 4) is 17.0 Å². The van der Waals surface area contributed by atoms with E-state index in [1.807, 2.05) is 49.4 Å². The molecule has 4 heteroatoms. The van der Waals surface area contributed by atoms with E-state index in [0.717, 1.165) is 54.1 Å². The molecule has 152 valence electrons. The van der Waals surface area contributed by atoms with Crippen molar-refractivity contribution in [1.29, 1.82) is 0 Å². The van der Waals surface area contributed by atoms with Gasteiger partial charge < -0.3 is 9.47 Å². The van der Waals surface area contributed by atoms with Gasteiger partial charge in [0.05, 0.1) is 18.7 Å². The fourth-order valence-electron chi connectivity index (χ4n) is 3.39. The highest BCUT2D eigenvalue weighted by atomic mass is 16.5. The van der Waals surface area contributed by atoms with E-state index in [2.05, 4.69) is 23.2 Å². The Balaban J connectivity index is 1.50. The van der Waals surface area contributed by atoms with E-state index in [1.165, 1.54) is 0 Å². The number of fused-ring (bicyclic) bond motifs is 1. The highest BCUT2D eigenvalue weighted by Crippen LogP contribution is 2.30. The third-order valence-corrected chi connectivity index (χ3v) is 4.86. The predicted octanol–water partition coefficient (Wildman–Crippen LogP) is 6.18. The molecule has 0 N–H and O–H groups in total. The molecule has 0 aliphatic carbocycles. The summed E-state index contributed by atoms with van der Waals surface area (Å²) in [4.78, 5) is 16.0. The highest BCUT2D eigenvalue weighted by Gasteiger charge is 2.08. The largest absolute Gasteiger partial charge is 0.478 e. The first-order valence-electron chi connectivity index (χ1n) is 10.5. The molecule has 0 radical (unpaired) electrons. The number of carbonyl (C=O) groups is 1. The van der Waals surface area contributed by atoms with Gasteiger partial charge in [-0.25, -0.2) is 4.98 Å². The first-order chi connectivity index (χ1) is 14.3. The van der Waals surface area contributed by atoms with Crippen molar-refractivity contribution in [3.63, 3.8) is 0 Å². The predicted molar refractivity (Wildman–Crippen MR) is 117 cm³/mol. The Morgan fingerprint density at radius 3 is 2.45 bits per heavy atom. The number of pyridine rings is 1. The molecular weight excluding hydrogens is 362 g/mol. The van der Waals surface area contributed by atoms with Crippen LogP contribution < -0.4 is 4.74 Å². The molecule has 29 heavy (non-hydrogen) atoms. The maximum Gasteiger partial charge on any atom is 0.305 e. The Morgan fingerprint density at radius 2 is 1.62 bits per heavy atom. The van der Waals surface area contributed by atoms with Crippen LogP contribution in [0.2, 0.25) is 0 Å². The van der Waals surface area contributed by atoms with Crippen LogP contribution in [0.4, 0.5) is 0 Å². The normalized spacial score (nSPS) is 10.8. The number of nitrogens with zero attached hydrogens (tertiary/aromatic N) is 1. The SMILES string of the molecule is CCOC(=O)CCCCCCCOc1cc(-c2ccccc2)c2ccccc2n1. The van der Waals surface area contributed by atoms with Gasteiger partial charge in [-0.05, 0) is 37.0 Å². The summed E-state index contributed by atoms with van der Waals surface area (Å²) >= 11 is 0. The Kier molecular flexibility index (Phi) is 8.05. The van der Waals surface area contributed by atoms with Crippen LogP contribution in [0, 0.1) is 0 Å². The average Bonchev–Trinajstić information content (AvgIpc) is 2.76. The number of aromatic nitrogens is 1. The quantitative estimate of drug-likeness (QED) is 0.289. The van der Waals surface area contributed by atoms with Crippen LogP contribution >= 0.6 is 0 Å². The second-order valence-electron chi connectivity index (χ2n) is 7.06. The van der Waals surface area contributed by atoms with Crippen molar-refractivity contribution in [1.82, 2.24) is 4.98 Å². The summed E-state index contributed by atoms with van der Waals surface area (Å²) in [5.41, 5.74) is 3.26. The number of rotatable bonds is 11. The third-order valence-electron chi connectivity index (χ3n) is 4.86. The van der Waals surface area contributed by atoms with Crippen LogP contribution in [-0.2, 0) is 9.53 Å². The lowest BCUT2D eigenvalue weighted by Crippen LogP contribution is -2.03. The standard InChI is InChI=1S/C25H29NO3/c1-2-28-25(27)17-9-4-3-5-12-18-29-24-19-22(20-13-7-6-8-14-20)21-15-10-11-16-23(21)26-24/h6-8,10-11,13-16,19H,2-5,9,12,17-18H2,1H3. The monoisotopic (exact) mass is 391 g/mol. The molecule has 0 amide bonds. The summed E-state index contributed by atoms with van der Waals surface area (Å²) < 4.78 is 10.9. The Bertz CT molecular complexity index is 908. The fraction of sp³-hybridized carbons (Fsp3) is 0.360. The molecular formula is C25H29NO3. The Hall–Kier alpha value is -2.88. The molecule has 3 aromatic rings. The maximum atomic E-state index is 11.3. The minimum absolute atomic E-state index is 0.0903. The second-order valence-corrected chi connectivity index (χ2v) is 7.06. The van der Waals surface area contributed by atoms with Crippen LogP contribution in [0.25, 0.3) is 22.0 Å². The van der Waals surface area contributed by atoms with Crippen LogP contribution in [-0.4, -0.2) is 24.2 Å². The number of benzene rings is 2. The number of carbonyl (C=O) groups excluding carboxylic acids is 1. The molecule has 2 aromatic carbocycles. The lowest BCUT2D eigenvalue weighted by atomic mass is 10.0. The van der Waals surface area contributed by atoms with Gasteiger partial charge in [-0.2, -0.15) is 0 Å². The number of esters is 1. The van der Waals surface area contributed by atoms with Crippen molar-refractivity contribution >= 4 is 16.9 Å². The topological polar surface area (TPSA) is 48.4 Å². The molecule has 3 rings (SSSR count). The van der Waals surface area contributed by atoms with Crippen molar-refractivity contribution in [2.45, 2.75) is 45.4 Å². The first kappa shape index (κ1) is 20.8. The van der Waals surface area contributed by atoms with Crippen molar-refractivity contribution < 1.29 is 14.3 Å². The molecule has 0 atom stereocenters. The molecule has 0 unspecified atom stereocenters. The average molecular weight is 392 g/mol. The van der Waals surface area contributed by atoms with Gasteiger partial charge in [0.15, 0.2) is 0 Å². The minimum atomic E-state index is -0.0903. The highest BCUT2D eigenvalue weighted by molar-refractivity contribution is 5.95.